The van der Waals surface area contributed by atoms with Gasteiger partial charge in [0, 0.05) is 12.1 Å². The lowest BCUT2D eigenvalue weighted by atomic mass is 10.1. The summed E-state index contributed by atoms with van der Waals surface area (Å²) in [6.45, 7) is 1.69. The Hall–Kier alpha value is -2.86. The molecule has 0 bridgehead atoms. The lowest BCUT2D eigenvalue weighted by Gasteiger charge is -2.14. The summed E-state index contributed by atoms with van der Waals surface area (Å²) in [5, 5.41) is 11.7. The standard InChI is InChI=1S/C19H21NO5/c1-13(25-19(23)15-9-7-14(12-21)8-10-15)18(22)20-11-16-5-3-4-6-17(16)24-2/h3-10,13,21H,11-12H2,1-2H3,(H,20,22)/t13-/m0/s1. The number of hydrogen-bond acceptors (Lipinski definition) is 5. The van der Waals surface area contributed by atoms with Crippen molar-refractivity contribution in [1.29, 1.82) is 0 Å². The van der Waals surface area contributed by atoms with Gasteiger partial charge in [0.25, 0.3) is 5.91 Å². The average Bonchev–Trinajstić information content (AvgIpc) is 2.66. The van der Waals surface area contributed by atoms with E-state index in [1.54, 1.807) is 37.4 Å². The molecule has 0 saturated heterocycles. The zero-order valence-electron chi connectivity index (χ0n) is 14.2. The van der Waals surface area contributed by atoms with Crippen LogP contribution in [0.15, 0.2) is 48.5 Å². The van der Waals surface area contributed by atoms with E-state index in [-0.39, 0.29) is 13.2 Å². The van der Waals surface area contributed by atoms with E-state index in [4.69, 9.17) is 14.6 Å². The molecule has 1 atom stereocenters. The van der Waals surface area contributed by atoms with Crippen molar-refractivity contribution < 1.29 is 24.2 Å². The third-order valence-electron chi connectivity index (χ3n) is 3.67. The number of ether oxygens (including phenoxy) is 2. The number of esters is 1. The number of para-hydroxylation sites is 1. The molecule has 1 amide bonds. The number of amides is 1. The maximum absolute atomic E-state index is 12.1. The number of nitrogens with one attached hydrogen (secondary N) is 1. The van der Waals surface area contributed by atoms with E-state index >= 15 is 0 Å². The van der Waals surface area contributed by atoms with Crippen molar-refractivity contribution in [1.82, 2.24) is 5.32 Å². The van der Waals surface area contributed by atoms with Crippen LogP contribution in [-0.4, -0.2) is 30.2 Å². The molecule has 0 heterocycles. The summed E-state index contributed by atoms with van der Waals surface area (Å²) in [7, 11) is 1.56. The van der Waals surface area contributed by atoms with Gasteiger partial charge in [-0.25, -0.2) is 4.79 Å². The molecule has 0 saturated carbocycles. The summed E-state index contributed by atoms with van der Waals surface area (Å²) in [4.78, 5) is 24.2. The fourth-order valence-electron chi connectivity index (χ4n) is 2.20. The molecule has 0 spiro atoms. The van der Waals surface area contributed by atoms with E-state index in [1.165, 1.54) is 6.92 Å². The number of carbonyl (C=O) groups excluding carboxylic acids is 2. The number of hydrogen-bond donors (Lipinski definition) is 2. The van der Waals surface area contributed by atoms with Crippen LogP contribution in [0.5, 0.6) is 5.75 Å². The Labute approximate surface area is 146 Å². The molecule has 6 heteroatoms. The average molecular weight is 343 g/mol. The Kier molecular flexibility index (Phi) is 6.54. The van der Waals surface area contributed by atoms with Gasteiger partial charge < -0.3 is 19.9 Å². The summed E-state index contributed by atoms with van der Waals surface area (Å²) < 4.78 is 10.4. The van der Waals surface area contributed by atoms with Crippen LogP contribution in [0, 0.1) is 0 Å². The van der Waals surface area contributed by atoms with Gasteiger partial charge in [-0.05, 0) is 30.7 Å². The number of methoxy groups -OCH3 is 1. The number of carbonyl (C=O) groups is 2. The molecular weight excluding hydrogens is 322 g/mol. The molecule has 25 heavy (non-hydrogen) atoms. The second-order valence-corrected chi connectivity index (χ2v) is 5.43. The van der Waals surface area contributed by atoms with Crippen molar-refractivity contribution in [3.05, 3.63) is 65.2 Å². The fourth-order valence-corrected chi connectivity index (χ4v) is 2.20. The molecule has 6 nitrogen and oxygen atoms in total. The SMILES string of the molecule is COc1ccccc1CNC(=O)[C@H](C)OC(=O)c1ccc(CO)cc1. The van der Waals surface area contributed by atoms with Crippen molar-refractivity contribution in [3.63, 3.8) is 0 Å². The predicted molar refractivity (Wildman–Crippen MR) is 92.1 cm³/mol. The van der Waals surface area contributed by atoms with Gasteiger partial charge in [-0.1, -0.05) is 30.3 Å². The van der Waals surface area contributed by atoms with Gasteiger partial charge >= 0.3 is 5.97 Å². The molecule has 2 rings (SSSR count). The zero-order valence-corrected chi connectivity index (χ0v) is 14.2. The third-order valence-corrected chi connectivity index (χ3v) is 3.67. The minimum Gasteiger partial charge on any atom is -0.496 e. The van der Waals surface area contributed by atoms with Gasteiger partial charge in [0.15, 0.2) is 6.10 Å². The van der Waals surface area contributed by atoms with Crippen molar-refractivity contribution in [2.24, 2.45) is 0 Å². The van der Waals surface area contributed by atoms with Crippen molar-refractivity contribution >= 4 is 11.9 Å². The molecule has 0 unspecified atom stereocenters. The highest BCUT2D eigenvalue weighted by Gasteiger charge is 2.19. The minimum absolute atomic E-state index is 0.100. The summed E-state index contributed by atoms with van der Waals surface area (Å²) >= 11 is 0. The highest BCUT2D eigenvalue weighted by molar-refractivity contribution is 5.92. The highest BCUT2D eigenvalue weighted by atomic mass is 16.5. The molecule has 2 N–H and O–H groups in total. The largest absolute Gasteiger partial charge is 0.496 e. The van der Waals surface area contributed by atoms with E-state index in [2.05, 4.69) is 5.32 Å². The number of rotatable bonds is 7. The van der Waals surface area contributed by atoms with Crippen molar-refractivity contribution in [3.8, 4) is 5.75 Å². The monoisotopic (exact) mass is 343 g/mol. The first kappa shape index (κ1) is 18.5. The van der Waals surface area contributed by atoms with Gasteiger partial charge in [-0.15, -0.1) is 0 Å². The summed E-state index contributed by atoms with van der Waals surface area (Å²) in [6.07, 6.45) is -0.931. The number of aliphatic hydroxyl groups excluding tert-OH is 1. The summed E-state index contributed by atoms with van der Waals surface area (Å²) in [5.41, 5.74) is 1.84. The van der Waals surface area contributed by atoms with Crippen LogP contribution >= 0.6 is 0 Å². The lowest BCUT2D eigenvalue weighted by molar-refractivity contribution is -0.129. The topological polar surface area (TPSA) is 84.9 Å². The predicted octanol–water partition coefficient (Wildman–Crippen LogP) is 2.05. The smallest absolute Gasteiger partial charge is 0.338 e. The quantitative estimate of drug-likeness (QED) is 0.752. The molecule has 2 aromatic rings. The Morgan fingerprint density at radius 2 is 1.80 bits per heavy atom. The van der Waals surface area contributed by atoms with Crippen LogP contribution in [0.2, 0.25) is 0 Å². The van der Waals surface area contributed by atoms with Crippen LogP contribution in [-0.2, 0) is 22.7 Å². The first-order chi connectivity index (χ1) is 12.0. The fraction of sp³-hybridized carbons (Fsp3) is 0.263. The van der Waals surface area contributed by atoms with Crippen LogP contribution in [0.25, 0.3) is 0 Å². The number of benzene rings is 2. The van der Waals surface area contributed by atoms with Gasteiger partial charge in [0.1, 0.15) is 5.75 Å². The maximum Gasteiger partial charge on any atom is 0.338 e. The molecule has 0 aliphatic rings. The molecule has 2 aromatic carbocycles. The minimum atomic E-state index is -0.931. The molecule has 132 valence electrons. The van der Waals surface area contributed by atoms with Crippen molar-refractivity contribution in [2.45, 2.75) is 26.2 Å². The van der Waals surface area contributed by atoms with Gasteiger partial charge in [0.2, 0.25) is 0 Å². The van der Waals surface area contributed by atoms with E-state index in [0.717, 1.165) is 5.56 Å². The molecule has 0 aromatic heterocycles. The third kappa shape index (κ3) is 5.06. The second kappa shape index (κ2) is 8.84. The van der Waals surface area contributed by atoms with Crippen LogP contribution in [0.4, 0.5) is 0 Å². The van der Waals surface area contributed by atoms with Gasteiger partial charge in [0.05, 0.1) is 19.3 Å². The Balaban J connectivity index is 1.89. The Bertz CT molecular complexity index is 727. The second-order valence-electron chi connectivity index (χ2n) is 5.43. The van der Waals surface area contributed by atoms with Crippen LogP contribution in [0.1, 0.15) is 28.4 Å². The Morgan fingerprint density at radius 3 is 2.44 bits per heavy atom. The van der Waals surface area contributed by atoms with Gasteiger partial charge in [-0.3, -0.25) is 4.79 Å². The molecule has 0 radical (unpaired) electrons. The lowest BCUT2D eigenvalue weighted by Crippen LogP contribution is -2.35. The summed E-state index contributed by atoms with van der Waals surface area (Å²) in [6, 6.07) is 13.7. The van der Waals surface area contributed by atoms with E-state index in [9.17, 15) is 9.59 Å². The molecule has 0 aliphatic heterocycles. The van der Waals surface area contributed by atoms with Gasteiger partial charge in [-0.2, -0.15) is 0 Å². The summed E-state index contributed by atoms with van der Waals surface area (Å²) in [5.74, 6) is -0.313. The molecular formula is C19H21NO5. The normalized spacial score (nSPS) is 11.5. The zero-order chi connectivity index (χ0) is 18.2. The maximum atomic E-state index is 12.1. The highest BCUT2D eigenvalue weighted by Crippen LogP contribution is 2.16. The van der Waals surface area contributed by atoms with Crippen molar-refractivity contribution in [2.75, 3.05) is 7.11 Å². The van der Waals surface area contributed by atoms with E-state index < -0.39 is 18.0 Å². The number of aliphatic hydroxyl groups is 1. The van der Waals surface area contributed by atoms with E-state index in [0.29, 0.717) is 16.9 Å². The molecule has 0 aliphatic carbocycles. The first-order valence-electron chi connectivity index (χ1n) is 7.85. The van der Waals surface area contributed by atoms with Crippen LogP contribution in [0.3, 0.4) is 0 Å². The van der Waals surface area contributed by atoms with E-state index in [1.807, 2.05) is 18.2 Å². The molecule has 0 fully saturated rings. The Morgan fingerprint density at radius 1 is 1.12 bits per heavy atom. The first-order valence-corrected chi connectivity index (χ1v) is 7.85. The van der Waals surface area contributed by atoms with Crippen LogP contribution < -0.4 is 10.1 Å².